The third-order valence-electron chi connectivity index (χ3n) is 5.92. The Bertz CT molecular complexity index is 1470. The summed E-state index contributed by atoms with van der Waals surface area (Å²) in [4.78, 5) is 18.2. The summed E-state index contributed by atoms with van der Waals surface area (Å²) in [5, 5.41) is 10.7. The van der Waals surface area contributed by atoms with Gasteiger partial charge in [0.15, 0.2) is 0 Å². The highest BCUT2D eigenvalue weighted by atomic mass is 32.1. The van der Waals surface area contributed by atoms with E-state index in [4.69, 9.17) is 14.8 Å². The molecular weight excluding hydrogens is 420 g/mol. The van der Waals surface area contributed by atoms with E-state index in [9.17, 15) is 4.79 Å². The van der Waals surface area contributed by atoms with Gasteiger partial charge >= 0.3 is 0 Å². The van der Waals surface area contributed by atoms with Crippen LogP contribution in [-0.4, -0.2) is 27.8 Å². The molecule has 1 N–H and O–H groups in total. The van der Waals surface area contributed by atoms with Gasteiger partial charge in [0.1, 0.15) is 11.6 Å². The smallest absolute Gasteiger partial charge is 0.260 e. The maximum atomic E-state index is 13.4. The molecule has 5 aromatic rings. The average molecular weight is 441 g/mol. The van der Waals surface area contributed by atoms with E-state index in [1.807, 2.05) is 60.7 Å². The van der Waals surface area contributed by atoms with Crippen LogP contribution in [0.2, 0.25) is 0 Å². The highest BCUT2D eigenvalue weighted by Gasteiger charge is 2.26. The van der Waals surface area contributed by atoms with E-state index in [0.29, 0.717) is 17.1 Å². The largest absolute Gasteiger partial charge is 0.496 e. The summed E-state index contributed by atoms with van der Waals surface area (Å²) in [6, 6.07) is 19.7. The monoisotopic (exact) mass is 440 g/mol. The fourth-order valence-corrected chi connectivity index (χ4v) is 5.27. The van der Waals surface area contributed by atoms with E-state index < -0.39 is 0 Å². The van der Waals surface area contributed by atoms with Crippen LogP contribution < -0.4 is 10.1 Å². The van der Waals surface area contributed by atoms with E-state index in [1.165, 1.54) is 0 Å². The Hall–Kier alpha value is -3.71. The molecule has 0 aliphatic heterocycles. The fraction of sp³-hybridized carbons (Fsp3) is 0.160. The number of aromatic nitrogens is 3. The third kappa shape index (κ3) is 3.05. The molecule has 2 aromatic heterocycles. The molecular formula is C25H20N4O2S. The van der Waals surface area contributed by atoms with Gasteiger partial charge in [-0.05, 0) is 54.3 Å². The number of carbonyl (C=O) groups excluding carboxylic acids is 1. The zero-order chi connectivity index (χ0) is 21.7. The lowest BCUT2D eigenvalue weighted by atomic mass is 10.1. The van der Waals surface area contributed by atoms with E-state index in [1.54, 1.807) is 23.1 Å². The van der Waals surface area contributed by atoms with Gasteiger partial charge in [0.05, 0.1) is 28.6 Å². The number of benzene rings is 3. The van der Waals surface area contributed by atoms with Crippen LogP contribution in [0.1, 0.15) is 28.0 Å². The predicted octanol–water partition coefficient (Wildman–Crippen LogP) is 5.38. The Morgan fingerprint density at radius 1 is 1.06 bits per heavy atom. The normalized spacial score (nSPS) is 12.9. The summed E-state index contributed by atoms with van der Waals surface area (Å²) in [7, 11) is 1.59. The molecule has 158 valence electrons. The quantitative estimate of drug-likeness (QED) is 0.407. The number of nitrogens with one attached hydrogen (secondary N) is 1. The number of aryl methyl sites for hydroxylation is 1. The van der Waals surface area contributed by atoms with Crippen molar-refractivity contribution in [2.75, 3.05) is 12.4 Å². The number of nitrogens with zero attached hydrogens (tertiary/aromatic N) is 3. The molecule has 1 aliphatic rings. The average Bonchev–Trinajstić information content (AvgIpc) is 3.53. The number of amides is 1. The van der Waals surface area contributed by atoms with Crippen molar-refractivity contribution in [3.05, 3.63) is 77.5 Å². The second-order valence-electron chi connectivity index (χ2n) is 7.86. The van der Waals surface area contributed by atoms with Crippen LogP contribution in [0.5, 0.6) is 5.75 Å². The maximum Gasteiger partial charge on any atom is 0.260 e. The first-order valence-corrected chi connectivity index (χ1v) is 11.4. The van der Waals surface area contributed by atoms with Crippen molar-refractivity contribution in [1.82, 2.24) is 14.8 Å². The van der Waals surface area contributed by atoms with Crippen molar-refractivity contribution in [1.29, 1.82) is 0 Å². The Morgan fingerprint density at radius 3 is 2.66 bits per heavy atom. The van der Waals surface area contributed by atoms with Crippen molar-refractivity contribution in [2.24, 2.45) is 0 Å². The summed E-state index contributed by atoms with van der Waals surface area (Å²) < 4.78 is 8.43. The van der Waals surface area contributed by atoms with Gasteiger partial charge in [-0.2, -0.15) is 9.78 Å². The molecule has 0 fully saturated rings. The van der Waals surface area contributed by atoms with Gasteiger partial charge in [-0.3, -0.25) is 4.79 Å². The molecule has 0 saturated carbocycles. The number of fused-ring (bicyclic) bond motifs is 3. The Labute approximate surface area is 188 Å². The van der Waals surface area contributed by atoms with Crippen LogP contribution in [0.25, 0.3) is 26.1 Å². The van der Waals surface area contributed by atoms with Gasteiger partial charge in [-0.1, -0.05) is 47.7 Å². The maximum absolute atomic E-state index is 13.4. The number of hydrogen-bond acceptors (Lipinski definition) is 5. The van der Waals surface area contributed by atoms with Crippen LogP contribution in [0.3, 0.4) is 0 Å². The van der Waals surface area contributed by atoms with Gasteiger partial charge in [-0.15, -0.1) is 0 Å². The topological polar surface area (TPSA) is 69.0 Å². The van der Waals surface area contributed by atoms with Gasteiger partial charge in [-0.25, -0.2) is 4.98 Å². The molecule has 3 aromatic carbocycles. The number of carbonyl (C=O) groups is 1. The number of anilines is 1. The van der Waals surface area contributed by atoms with E-state index in [0.717, 1.165) is 56.6 Å². The standard InChI is InChI=1S/C25H20N4O2S/c1-31-21-14-16-8-3-2-7-15(16)13-18(21)24(30)27-23-17-9-6-11-19(17)28-29(23)25-26-20-10-4-5-12-22(20)32-25/h2-5,7-8,10,12-14H,6,9,11H2,1H3,(H,27,30). The molecule has 32 heavy (non-hydrogen) atoms. The molecule has 2 heterocycles. The minimum absolute atomic E-state index is 0.218. The second kappa shape index (κ2) is 7.46. The Balaban J connectivity index is 1.44. The molecule has 7 heteroatoms. The first-order chi connectivity index (χ1) is 15.7. The van der Waals surface area contributed by atoms with Crippen molar-refractivity contribution in [2.45, 2.75) is 19.3 Å². The highest BCUT2D eigenvalue weighted by molar-refractivity contribution is 7.20. The predicted molar refractivity (Wildman–Crippen MR) is 127 cm³/mol. The number of hydrogen-bond donors (Lipinski definition) is 1. The van der Waals surface area contributed by atoms with Crippen molar-refractivity contribution in [3.8, 4) is 10.9 Å². The molecule has 0 saturated heterocycles. The first-order valence-electron chi connectivity index (χ1n) is 10.6. The number of methoxy groups -OCH3 is 1. The molecule has 6 nitrogen and oxygen atoms in total. The van der Waals surface area contributed by atoms with Gasteiger partial charge in [0.25, 0.3) is 5.91 Å². The van der Waals surface area contributed by atoms with Crippen LogP contribution in [0.4, 0.5) is 5.82 Å². The molecule has 6 rings (SSSR count). The Kier molecular flexibility index (Phi) is 4.43. The zero-order valence-corrected chi connectivity index (χ0v) is 18.3. The Morgan fingerprint density at radius 2 is 1.84 bits per heavy atom. The summed E-state index contributed by atoms with van der Waals surface area (Å²) in [6.45, 7) is 0. The molecule has 0 unspecified atom stereocenters. The summed E-state index contributed by atoms with van der Waals surface area (Å²) in [5.74, 6) is 1.03. The van der Waals surface area contributed by atoms with E-state index in [-0.39, 0.29) is 5.91 Å². The van der Waals surface area contributed by atoms with Gasteiger partial charge < -0.3 is 10.1 Å². The van der Waals surface area contributed by atoms with Crippen LogP contribution in [-0.2, 0) is 12.8 Å². The van der Waals surface area contributed by atoms with Crippen LogP contribution in [0, 0.1) is 0 Å². The lowest BCUT2D eigenvalue weighted by Gasteiger charge is -2.12. The van der Waals surface area contributed by atoms with Crippen molar-refractivity contribution >= 4 is 44.1 Å². The minimum atomic E-state index is -0.218. The molecule has 0 radical (unpaired) electrons. The minimum Gasteiger partial charge on any atom is -0.496 e. The number of thiazole rings is 1. The molecule has 0 atom stereocenters. The molecule has 0 bridgehead atoms. The van der Waals surface area contributed by atoms with Crippen molar-refractivity contribution < 1.29 is 9.53 Å². The van der Waals surface area contributed by atoms with E-state index >= 15 is 0 Å². The first kappa shape index (κ1) is 19.0. The van der Waals surface area contributed by atoms with E-state index in [2.05, 4.69) is 5.32 Å². The second-order valence-corrected chi connectivity index (χ2v) is 8.87. The molecule has 0 spiro atoms. The lowest BCUT2D eigenvalue weighted by molar-refractivity contribution is 0.102. The van der Waals surface area contributed by atoms with Crippen molar-refractivity contribution in [3.63, 3.8) is 0 Å². The highest BCUT2D eigenvalue weighted by Crippen LogP contribution is 2.35. The summed E-state index contributed by atoms with van der Waals surface area (Å²) in [5.41, 5.74) is 3.55. The zero-order valence-electron chi connectivity index (χ0n) is 17.5. The summed E-state index contributed by atoms with van der Waals surface area (Å²) >= 11 is 1.57. The van der Waals surface area contributed by atoms with Gasteiger partial charge in [0.2, 0.25) is 5.13 Å². The third-order valence-corrected chi connectivity index (χ3v) is 6.93. The molecule has 1 aliphatic carbocycles. The molecule has 1 amide bonds. The number of ether oxygens (including phenoxy) is 1. The number of para-hydroxylation sites is 1. The van der Waals surface area contributed by atoms with Gasteiger partial charge in [0, 0.05) is 5.56 Å². The van der Waals surface area contributed by atoms with Crippen LogP contribution >= 0.6 is 11.3 Å². The number of rotatable bonds is 4. The van der Waals surface area contributed by atoms with Crippen LogP contribution in [0.15, 0.2) is 60.7 Å². The summed E-state index contributed by atoms with van der Waals surface area (Å²) in [6.07, 6.45) is 2.85. The fourth-order valence-electron chi connectivity index (χ4n) is 4.35. The SMILES string of the molecule is COc1cc2ccccc2cc1C(=O)Nc1c2c(nn1-c1nc3ccccc3s1)CCC2. The lowest BCUT2D eigenvalue weighted by Crippen LogP contribution is -2.17.